The van der Waals surface area contributed by atoms with Gasteiger partial charge in [-0.05, 0) is 12.8 Å². The van der Waals surface area contributed by atoms with Gasteiger partial charge >= 0.3 is 0 Å². The average molecular weight is 168 g/mol. The van der Waals surface area contributed by atoms with Gasteiger partial charge in [0.2, 0.25) is 5.88 Å². The summed E-state index contributed by atoms with van der Waals surface area (Å²) < 4.78 is 7.08. The van der Waals surface area contributed by atoms with Crippen LogP contribution in [-0.2, 0) is 13.7 Å². The Morgan fingerprint density at radius 1 is 1.75 bits per heavy atom. The topological polar surface area (TPSA) is 47.3 Å². The smallest absolute Gasteiger partial charge is 0.233 e. The van der Waals surface area contributed by atoms with Crippen molar-refractivity contribution >= 4 is 0 Å². The van der Waals surface area contributed by atoms with E-state index in [4.69, 9.17) is 9.84 Å². The quantitative estimate of drug-likeness (QED) is 0.713. The highest BCUT2D eigenvalue weighted by Gasteiger charge is 2.24. The number of ether oxygens (including phenoxy) is 1. The molecule has 0 amide bonds. The Bertz CT molecular complexity index is 279. The van der Waals surface area contributed by atoms with E-state index in [9.17, 15) is 0 Å². The van der Waals surface area contributed by atoms with Crippen LogP contribution in [0.3, 0.4) is 0 Å². The second kappa shape index (κ2) is 2.79. The van der Waals surface area contributed by atoms with Gasteiger partial charge in [-0.15, -0.1) is 5.10 Å². The lowest BCUT2D eigenvalue weighted by Crippen LogP contribution is -1.99. The number of aliphatic hydroxyl groups is 1. The molecule has 0 radical (unpaired) electrons. The van der Waals surface area contributed by atoms with Gasteiger partial charge in [-0.3, -0.25) is 4.68 Å². The Balaban J connectivity index is 2.10. The Morgan fingerprint density at radius 3 is 3.00 bits per heavy atom. The Hall–Kier alpha value is -1.03. The van der Waals surface area contributed by atoms with Crippen molar-refractivity contribution in [3.63, 3.8) is 0 Å². The summed E-state index contributed by atoms with van der Waals surface area (Å²) in [6, 6.07) is 1.78. The molecule has 2 rings (SSSR count). The lowest BCUT2D eigenvalue weighted by atomic mass is 10.4. The molecule has 1 saturated carbocycles. The summed E-state index contributed by atoms with van der Waals surface area (Å²) in [5.41, 5.74) is 0.783. The fraction of sp³-hybridized carbons (Fsp3) is 0.625. The van der Waals surface area contributed by atoms with Gasteiger partial charge in [0.05, 0.1) is 12.3 Å². The molecule has 0 saturated heterocycles. The minimum Gasteiger partial charge on any atom is -0.473 e. The molecule has 1 N–H and O–H groups in total. The first-order valence-electron chi connectivity index (χ1n) is 4.10. The maximum absolute atomic E-state index is 8.87. The van der Waals surface area contributed by atoms with Crippen LogP contribution >= 0.6 is 0 Å². The zero-order chi connectivity index (χ0) is 8.55. The molecule has 12 heavy (non-hydrogen) atoms. The van der Waals surface area contributed by atoms with Gasteiger partial charge in [0.25, 0.3) is 0 Å². The van der Waals surface area contributed by atoms with Gasteiger partial charge in [0.1, 0.15) is 6.10 Å². The number of nitrogens with zero attached hydrogens (tertiary/aromatic N) is 2. The van der Waals surface area contributed by atoms with E-state index in [1.165, 1.54) is 0 Å². The molecule has 0 aromatic carbocycles. The highest BCUT2D eigenvalue weighted by atomic mass is 16.5. The standard InChI is InChI=1S/C8H12N2O2/c1-10-6(5-11)4-8(9-10)12-7-2-3-7/h4,7,11H,2-3,5H2,1H3. The van der Waals surface area contributed by atoms with E-state index in [-0.39, 0.29) is 6.61 Å². The highest BCUT2D eigenvalue weighted by molar-refractivity contribution is 5.15. The van der Waals surface area contributed by atoms with Gasteiger partial charge in [0.15, 0.2) is 0 Å². The van der Waals surface area contributed by atoms with E-state index in [0.29, 0.717) is 12.0 Å². The maximum Gasteiger partial charge on any atom is 0.233 e. The molecular weight excluding hydrogens is 156 g/mol. The van der Waals surface area contributed by atoms with Gasteiger partial charge < -0.3 is 9.84 Å². The van der Waals surface area contributed by atoms with Crippen LogP contribution in [0.4, 0.5) is 0 Å². The summed E-state index contributed by atoms with van der Waals surface area (Å²) in [6.07, 6.45) is 2.63. The average Bonchev–Trinajstić information content (AvgIpc) is 2.76. The number of rotatable bonds is 3. The van der Waals surface area contributed by atoms with Gasteiger partial charge in [0, 0.05) is 13.1 Å². The van der Waals surface area contributed by atoms with Crippen LogP contribution in [0.1, 0.15) is 18.5 Å². The fourth-order valence-electron chi connectivity index (χ4n) is 1.04. The van der Waals surface area contributed by atoms with Crippen molar-refractivity contribution in [3.05, 3.63) is 11.8 Å². The summed E-state index contributed by atoms with van der Waals surface area (Å²) in [5.74, 6) is 0.629. The molecule has 1 aromatic heterocycles. The van der Waals surface area contributed by atoms with Gasteiger partial charge in [-0.25, -0.2) is 0 Å². The monoisotopic (exact) mass is 168 g/mol. The van der Waals surface area contributed by atoms with Crippen LogP contribution in [0.2, 0.25) is 0 Å². The molecule has 1 heterocycles. The zero-order valence-corrected chi connectivity index (χ0v) is 7.03. The Labute approximate surface area is 70.8 Å². The van der Waals surface area contributed by atoms with Crippen molar-refractivity contribution in [3.8, 4) is 5.88 Å². The molecular formula is C8H12N2O2. The van der Waals surface area contributed by atoms with Crippen molar-refractivity contribution in [2.24, 2.45) is 7.05 Å². The molecule has 1 aliphatic carbocycles. The van der Waals surface area contributed by atoms with E-state index in [2.05, 4.69) is 5.10 Å². The summed E-state index contributed by atoms with van der Waals surface area (Å²) in [5, 5.41) is 13.0. The Kier molecular flexibility index (Phi) is 1.77. The molecule has 0 spiro atoms. The molecule has 1 aliphatic rings. The van der Waals surface area contributed by atoms with Crippen molar-refractivity contribution in [2.75, 3.05) is 0 Å². The predicted molar refractivity (Wildman–Crippen MR) is 42.8 cm³/mol. The fourth-order valence-corrected chi connectivity index (χ4v) is 1.04. The molecule has 0 unspecified atom stereocenters. The first-order valence-corrected chi connectivity index (χ1v) is 4.10. The largest absolute Gasteiger partial charge is 0.473 e. The molecule has 1 aromatic rings. The lowest BCUT2D eigenvalue weighted by Gasteiger charge is -1.96. The SMILES string of the molecule is Cn1nc(OC2CC2)cc1CO. The molecule has 0 atom stereocenters. The summed E-state index contributed by atoms with van der Waals surface area (Å²) in [7, 11) is 1.80. The van der Waals surface area contributed by atoms with Gasteiger partial charge in [-0.2, -0.15) is 0 Å². The molecule has 0 aliphatic heterocycles. The van der Waals surface area contributed by atoms with Crippen molar-refractivity contribution in [1.29, 1.82) is 0 Å². The number of aliphatic hydroxyl groups excluding tert-OH is 1. The van der Waals surface area contributed by atoms with Crippen molar-refractivity contribution < 1.29 is 9.84 Å². The van der Waals surface area contributed by atoms with Crippen LogP contribution in [0.25, 0.3) is 0 Å². The number of aromatic nitrogens is 2. The van der Waals surface area contributed by atoms with E-state index in [1.807, 2.05) is 0 Å². The minimum absolute atomic E-state index is 0.0114. The van der Waals surface area contributed by atoms with Crippen LogP contribution in [0.15, 0.2) is 6.07 Å². The summed E-state index contributed by atoms with van der Waals surface area (Å²) in [6.45, 7) is 0.0114. The van der Waals surface area contributed by atoms with Crippen molar-refractivity contribution in [2.45, 2.75) is 25.6 Å². The second-order valence-electron chi connectivity index (χ2n) is 3.07. The second-order valence-corrected chi connectivity index (χ2v) is 3.07. The number of aryl methyl sites for hydroxylation is 1. The van der Waals surface area contributed by atoms with Gasteiger partial charge in [-0.1, -0.05) is 0 Å². The number of hydrogen-bond acceptors (Lipinski definition) is 3. The van der Waals surface area contributed by atoms with Crippen molar-refractivity contribution in [1.82, 2.24) is 9.78 Å². The minimum atomic E-state index is 0.0114. The third kappa shape index (κ3) is 1.43. The van der Waals surface area contributed by atoms with E-state index in [1.54, 1.807) is 17.8 Å². The predicted octanol–water partition coefficient (Wildman–Crippen LogP) is 0.454. The maximum atomic E-state index is 8.87. The normalized spacial score (nSPS) is 16.5. The van der Waals surface area contributed by atoms with E-state index >= 15 is 0 Å². The lowest BCUT2D eigenvalue weighted by molar-refractivity contribution is 0.270. The van der Waals surface area contributed by atoms with Crippen LogP contribution in [0, 0.1) is 0 Å². The van der Waals surface area contributed by atoms with Crippen LogP contribution in [0.5, 0.6) is 5.88 Å². The Morgan fingerprint density at radius 2 is 2.50 bits per heavy atom. The highest BCUT2D eigenvalue weighted by Crippen LogP contribution is 2.25. The number of hydrogen-bond donors (Lipinski definition) is 1. The zero-order valence-electron chi connectivity index (χ0n) is 7.03. The summed E-state index contributed by atoms with van der Waals surface area (Å²) >= 11 is 0. The third-order valence-electron chi connectivity index (χ3n) is 1.93. The van der Waals surface area contributed by atoms with E-state index < -0.39 is 0 Å². The van der Waals surface area contributed by atoms with Crippen LogP contribution in [-0.4, -0.2) is 21.0 Å². The third-order valence-corrected chi connectivity index (χ3v) is 1.93. The molecule has 4 nitrogen and oxygen atoms in total. The first-order chi connectivity index (χ1) is 5.79. The van der Waals surface area contributed by atoms with E-state index in [0.717, 1.165) is 18.5 Å². The molecule has 0 bridgehead atoms. The summed E-state index contributed by atoms with van der Waals surface area (Å²) in [4.78, 5) is 0. The molecule has 66 valence electrons. The molecule has 1 fully saturated rings. The molecule has 4 heteroatoms. The first kappa shape index (κ1) is 7.61. The van der Waals surface area contributed by atoms with Crippen LogP contribution < -0.4 is 4.74 Å².